The molecule has 2 fully saturated rings. The number of ether oxygens (including phenoxy) is 1. The summed E-state index contributed by atoms with van der Waals surface area (Å²) in [7, 11) is -1.91. The average molecular weight is 529 g/mol. The van der Waals surface area contributed by atoms with Crippen LogP contribution in [0.15, 0.2) is 47.4 Å². The first-order valence-electron chi connectivity index (χ1n) is 12.5. The third-order valence-electron chi connectivity index (χ3n) is 7.18. The van der Waals surface area contributed by atoms with Crippen LogP contribution in [0.5, 0.6) is 5.75 Å². The van der Waals surface area contributed by atoms with Gasteiger partial charge in [-0.15, -0.1) is 0 Å². The number of hydrogen-bond acceptors (Lipinski definition) is 7. The standard InChI is InChI=1S/C26H32N4O4S2/c1-3-20-7-4-5-14-30(20)36(32,33)21-12-10-19(11-13-21)25(31)28-15-17-29(18-16-28)26-27-24-22(34-2)8-6-9-23(24)35-26/h6,8-13,20H,3-5,7,14-18H2,1-2H3. The van der Waals surface area contributed by atoms with Crippen molar-refractivity contribution in [2.75, 3.05) is 44.7 Å². The van der Waals surface area contributed by atoms with Gasteiger partial charge in [-0.1, -0.05) is 30.7 Å². The number of carbonyl (C=O) groups is 1. The summed E-state index contributed by atoms with van der Waals surface area (Å²) in [6.45, 7) is 5.14. The molecule has 0 radical (unpaired) electrons. The number of piperidine rings is 1. The van der Waals surface area contributed by atoms with Crippen molar-refractivity contribution in [1.29, 1.82) is 0 Å². The number of piperazine rings is 1. The van der Waals surface area contributed by atoms with E-state index in [1.165, 1.54) is 0 Å². The van der Waals surface area contributed by atoms with E-state index in [1.54, 1.807) is 47.0 Å². The number of anilines is 1. The van der Waals surface area contributed by atoms with Crippen LogP contribution in [0, 0.1) is 0 Å². The normalized spacial score (nSPS) is 19.6. The second kappa shape index (κ2) is 10.4. The number of fused-ring (bicyclic) bond motifs is 1. The molecule has 0 spiro atoms. The fourth-order valence-corrected chi connectivity index (χ4v) is 7.90. The zero-order valence-electron chi connectivity index (χ0n) is 20.7. The number of thiazole rings is 1. The summed E-state index contributed by atoms with van der Waals surface area (Å²) >= 11 is 1.63. The van der Waals surface area contributed by atoms with E-state index in [1.807, 2.05) is 30.0 Å². The summed E-state index contributed by atoms with van der Waals surface area (Å²) in [5, 5.41) is 0.930. The first-order valence-corrected chi connectivity index (χ1v) is 14.8. The van der Waals surface area contributed by atoms with Crippen LogP contribution in [0.1, 0.15) is 43.0 Å². The molecule has 3 heterocycles. The minimum Gasteiger partial charge on any atom is -0.494 e. The van der Waals surface area contributed by atoms with Crippen molar-refractivity contribution >= 4 is 42.6 Å². The van der Waals surface area contributed by atoms with Gasteiger partial charge in [-0.05, 0) is 55.7 Å². The van der Waals surface area contributed by atoms with Gasteiger partial charge >= 0.3 is 0 Å². The van der Waals surface area contributed by atoms with Crippen LogP contribution in [-0.2, 0) is 10.0 Å². The molecule has 8 nitrogen and oxygen atoms in total. The Labute approximate surface area is 216 Å². The molecule has 0 bridgehead atoms. The van der Waals surface area contributed by atoms with Gasteiger partial charge in [0.05, 0.1) is 16.7 Å². The molecule has 1 unspecified atom stereocenters. The summed E-state index contributed by atoms with van der Waals surface area (Å²) < 4.78 is 34.6. The molecule has 3 aromatic rings. The van der Waals surface area contributed by atoms with Crippen LogP contribution in [0.2, 0.25) is 0 Å². The molecule has 0 saturated carbocycles. The molecular formula is C26H32N4O4S2. The number of para-hydroxylation sites is 1. The van der Waals surface area contributed by atoms with E-state index in [0.29, 0.717) is 38.3 Å². The predicted molar refractivity (Wildman–Crippen MR) is 143 cm³/mol. The third kappa shape index (κ3) is 4.69. The number of aromatic nitrogens is 1. The van der Waals surface area contributed by atoms with E-state index >= 15 is 0 Å². The SMILES string of the molecule is CCC1CCCCN1S(=O)(=O)c1ccc(C(=O)N2CCN(c3nc4c(OC)cccc4s3)CC2)cc1. The lowest BCUT2D eigenvalue weighted by Crippen LogP contribution is -2.48. The molecule has 2 aromatic carbocycles. The number of sulfonamides is 1. The number of rotatable bonds is 6. The molecule has 0 N–H and O–H groups in total. The lowest BCUT2D eigenvalue weighted by molar-refractivity contribution is 0.0746. The van der Waals surface area contributed by atoms with Gasteiger partial charge in [-0.25, -0.2) is 13.4 Å². The fourth-order valence-electron chi connectivity index (χ4n) is 5.10. The van der Waals surface area contributed by atoms with E-state index in [0.717, 1.165) is 46.8 Å². The highest BCUT2D eigenvalue weighted by Crippen LogP contribution is 2.34. The zero-order valence-corrected chi connectivity index (χ0v) is 22.4. The summed E-state index contributed by atoms with van der Waals surface area (Å²) in [5.74, 6) is 0.689. The van der Waals surface area contributed by atoms with Gasteiger partial charge in [0.2, 0.25) is 10.0 Å². The van der Waals surface area contributed by atoms with Gasteiger partial charge in [0.25, 0.3) is 5.91 Å². The Morgan fingerprint density at radius 1 is 1.06 bits per heavy atom. The van der Waals surface area contributed by atoms with Crippen LogP contribution in [0.4, 0.5) is 5.13 Å². The van der Waals surface area contributed by atoms with Crippen molar-refractivity contribution in [2.24, 2.45) is 0 Å². The summed E-state index contributed by atoms with van der Waals surface area (Å²) in [6, 6.07) is 12.4. The molecule has 5 rings (SSSR count). The topological polar surface area (TPSA) is 83.1 Å². The monoisotopic (exact) mass is 528 g/mol. The van der Waals surface area contributed by atoms with Crippen molar-refractivity contribution < 1.29 is 17.9 Å². The minimum absolute atomic E-state index is 0.0536. The highest BCUT2D eigenvalue weighted by molar-refractivity contribution is 7.89. The van der Waals surface area contributed by atoms with Gasteiger partial charge in [0, 0.05) is 44.3 Å². The van der Waals surface area contributed by atoms with Crippen molar-refractivity contribution in [3.8, 4) is 5.75 Å². The molecule has 2 saturated heterocycles. The number of benzene rings is 2. The molecule has 1 atom stereocenters. The quantitative estimate of drug-likeness (QED) is 0.476. The highest BCUT2D eigenvalue weighted by atomic mass is 32.2. The smallest absolute Gasteiger partial charge is 0.253 e. The lowest BCUT2D eigenvalue weighted by Gasteiger charge is -2.35. The Bertz CT molecular complexity index is 1330. The maximum Gasteiger partial charge on any atom is 0.253 e. The molecular weight excluding hydrogens is 496 g/mol. The number of hydrogen-bond donors (Lipinski definition) is 0. The molecule has 1 aromatic heterocycles. The Balaban J connectivity index is 1.24. The van der Waals surface area contributed by atoms with Crippen molar-refractivity contribution in [3.63, 3.8) is 0 Å². The van der Waals surface area contributed by atoms with Gasteiger partial charge in [-0.3, -0.25) is 4.79 Å². The largest absolute Gasteiger partial charge is 0.494 e. The summed E-state index contributed by atoms with van der Waals surface area (Å²) in [6.07, 6.45) is 3.68. The van der Waals surface area contributed by atoms with E-state index in [4.69, 9.17) is 9.72 Å². The summed E-state index contributed by atoms with van der Waals surface area (Å²) in [4.78, 5) is 22.2. The van der Waals surface area contributed by atoms with E-state index < -0.39 is 10.0 Å². The molecule has 0 aliphatic carbocycles. The zero-order chi connectivity index (χ0) is 25.3. The molecule has 2 aliphatic heterocycles. The van der Waals surface area contributed by atoms with Crippen LogP contribution >= 0.6 is 11.3 Å². The van der Waals surface area contributed by atoms with Gasteiger partial charge in [0.1, 0.15) is 11.3 Å². The van der Waals surface area contributed by atoms with E-state index in [2.05, 4.69) is 4.90 Å². The second-order valence-electron chi connectivity index (χ2n) is 9.28. The van der Waals surface area contributed by atoms with Gasteiger partial charge < -0.3 is 14.5 Å². The number of carbonyl (C=O) groups excluding carboxylic acids is 1. The Morgan fingerprint density at radius 3 is 2.50 bits per heavy atom. The van der Waals surface area contributed by atoms with Gasteiger partial charge in [0.15, 0.2) is 5.13 Å². The van der Waals surface area contributed by atoms with E-state index in [9.17, 15) is 13.2 Å². The van der Waals surface area contributed by atoms with Crippen molar-refractivity contribution in [3.05, 3.63) is 48.0 Å². The minimum atomic E-state index is -3.56. The lowest BCUT2D eigenvalue weighted by atomic mass is 10.0. The maximum absolute atomic E-state index is 13.2. The van der Waals surface area contributed by atoms with Crippen LogP contribution in [0.25, 0.3) is 10.2 Å². The van der Waals surface area contributed by atoms with Crippen LogP contribution < -0.4 is 9.64 Å². The fraction of sp³-hybridized carbons (Fsp3) is 0.462. The Morgan fingerprint density at radius 2 is 1.81 bits per heavy atom. The molecule has 1 amide bonds. The first-order chi connectivity index (χ1) is 17.4. The number of amides is 1. The number of methoxy groups -OCH3 is 1. The van der Waals surface area contributed by atoms with Crippen LogP contribution in [-0.4, -0.2) is 74.4 Å². The highest BCUT2D eigenvalue weighted by Gasteiger charge is 2.32. The predicted octanol–water partition coefficient (Wildman–Crippen LogP) is 4.22. The molecule has 192 valence electrons. The van der Waals surface area contributed by atoms with E-state index in [-0.39, 0.29) is 16.8 Å². The summed E-state index contributed by atoms with van der Waals surface area (Å²) in [5.41, 5.74) is 1.38. The van der Waals surface area contributed by atoms with Crippen molar-refractivity contribution in [2.45, 2.75) is 43.5 Å². The molecule has 10 heteroatoms. The average Bonchev–Trinajstić information content (AvgIpc) is 3.37. The molecule has 36 heavy (non-hydrogen) atoms. The van der Waals surface area contributed by atoms with Crippen LogP contribution in [0.3, 0.4) is 0 Å². The third-order valence-corrected chi connectivity index (χ3v) is 10.2. The second-order valence-corrected chi connectivity index (χ2v) is 12.2. The first kappa shape index (κ1) is 25.0. The van der Waals surface area contributed by atoms with Crippen molar-refractivity contribution in [1.82, 2.24) is 14.2 Å². The van der Waals surface area contributed by atoms with Gasteiger partial charge in [-0.2, -0.15) is 4.31 Å². The number of nitrogens with zero attached hydrogens (tertiary/aromatic N) is 4. The Hall–Kier alpha value is -2.69. The molecule has 2 aliphatic rings. The maximum atomic E-state index is 13.2. The Kier molecular flexibility index (Phi) is 7.18.